The Morgan fingerprint density at radius 3 is 2.52 bits per heavy atom. The predicted octanol–water partition coefficient (Wildman–Crippen LogP) is 4.69. The highest BCUT2D eigenvalue weighted by Gasteiger charge is 2.21. The minimum absolute atomic E-state index is 0.262. The lowest BCUT2D eigenvalue weighted by Crippen LogP contribution is -2.19. The number of hydrogen-bond donors (Lipinski definition) is 1. The van der Waals surface area contributed by atoms with Crippen molar-refractivity contribution in [1.29, 1.82) is 0 Å². The molecule has 1 aliphatic heterocycles. The van der Waals surface area contributed by atoms with Crippen LogP contribution in [0.25, 0.3) is 17.1 Å². The number of benzene rings is 1. The Morgan fingerprint density at radius 1 is 1.03 bits per heavy atom. The highest BCUT2D eigenvalue weighted by atomic mass is 16.3. The van der Waals surface area contributed by atoms with Gasteiger partial charge in [-0.2, -0.15) is 5.10 Å². The molecule has 1 N–H and O–H groups in total. The van der Waals surface area contributed by atoms with Gasteiger partial charge in [0.1, 0.15) is 17.3 Å². The van der Waals surface area contributed by atoms with E-state index in [-0.39, 0.29) is 5.91 Å². The number of furan rings is 1. The average Bonchev–Trinajstić information content (AvgIpc) is 3.55. The van der Waals surface area contributed by atoms with Crippen molar-refractivity contribution in [2.24, 2.45) is 0 Å². The molecule has 1 saturated heterocycles. The van der Waals surface area contributed by atoms with Gasteiger partial charge in [-0.25, -0.2) is 9.67 Å². The van der Waals surface area contributed by atoms with Crippen molar-refractivity contribution in [2.75, 3.05) is 23.3 Å². The van der Waals surface area contributed by atoms with Gasteiger partial charge in [0, 0.05) is 19.3 Å². The topological polar surface area (TPSA) is 76.2 Å². The lowest BCUT2D eigenvalue weighted by molar-refractivity contribution is 0.102. The number of carbonyl (C=O) groups is 1. The molecule has 0 unspecified atom stereocenters. The number of aryl methyl sites for hydroxylation is 1. The first-order valence-electron chi connectivity index (χ1n) is 10.4. The van der Waals surface area contributed by atoms with Crippen LogP contribution in [0.2, 0.25) is 0 Å². The largest absolute Gasteiger partial charge is 0.460 e. The first-order valence-corrected chi connectivity index (χ1v) is 10.4. The van der Waals surface area contributed by atoms with Gasteiger partial charge in [0.2, 0.25) is 0 Å². The molecule has 4 aromatic rings. The molecule has 1 aliphatic rings. The van der Waals surface area contributed by atoms with Crippen LogP contribution in [0.4, 0.5) is 11.5 Å². The van der Waals surface area contributed by atoms with E-state index in [2.05, 4.69) is 20.3 Å². The van der Waals surface area contributed by atoms with Gasteiger partial charge in [-0.15, -0.1) is 0 Å². The van der Waals surface area contributed by atoms with Crippen molar-refractivity contribution >= 4 is 17.4 Å². The normalized spacial score (nSPS) is 13.5. The van der Waals surface area contributed by atoms with Gasteiger partial charge in [-0.05, 0) is 56.2 Å². The van der Waals surface area contributed by atoms with Crippen LogP contribution < -0.4 is 10.2 Å². The molecule has 1 fully saturated rings. The van der Waals surface area contributed by atoms with Crippen molar-refractivity contribution in [1.82, 2.24) is 14.8 Å². The molecule has 1 aromatic carbocycles. The van der Waals surface area contributed by atoms with E-state index in [4.69, 9.17) is 4.42 Å². The zero-order valence-electron chi connectivity index (χ0n) is 17.3. The second kappa shape index (κ2) is 8.10. The molecular formula is C24H23N5O2. The van der Waals surface area contributed by atoms with Gasteiger partial charge in [0.05, 0.1) is 23.1 Å². The summed E-state index contributed by atoms with van der Waals surface area (Å²) in [5, 5.41) is 7.58. The summed E-state index contributed by atoms with van der Waals surface area (Å²) in [6, 6.07) is 17.2. The van der Waals surface area contributed by atoms with Gasteiger partial charge in [0.25, 0.3) is 5.91 Å². The monoisotopic (exact) mass is 413 g/mol. The van der Waals surface area contributed by atoms with Crippen molar-refractivity contribution in [3.05, 3.63) is 78.3 Å². The zero-order chi connectivity index (χ0) is 21.2. The lowest BCUT2D eigenvalue weighted by atomic mass is 10.2. The molecule has 0 bridgehead atoms. The number of para-hydroxylation sites is 1. The first-order chi connectivity index (χ1) is 15.2. The number of nitrogens with zero attached hydrogens (tertiary/aromatic N) is 4. The minimum atomic E-state index is -0.262. The Hall–Kier alpha value is -3.87. The standard InChI is InChI=1S/C24H23N5O2/c1-17-9-11-21(31-17)23-20(16-29(27-23)19-7-3-2-4-8-19)24(30)26-18-10-12-22(25-15-18)28-13-5-6-14-28/h2-4,7-12,15-16H,5-6,13-14H2,1H3,(H,26,30). The van der Waals surface area contributed by atoms with Crippen LogP contribution in [0, 0.1) is 6.92 Å². The van der Waals surface area contributed by atoms with Gasteiger partial charge in [0.15, 0.2) is 5.76 Å². The Kier molecular flexibility index (Phi) is 5.00. The third kappa shape index (κ3) is 3.94. The van der Waals surface area contributed by atoms with E-state index in [0.29, 0.717) is 22.7 Å². The first kappa shape index (κ1) is 19.1. The van der Waals surface area contributed by atoms with Gasteiger partial charge in [-0.1, -0.05) is 18.2 Å². The molecule has 0 radical (unpaired) electrons. The molecule has 7 nitrogen and oxygen atoms in total. The lowest BCUT2D eigenvalue weighted by Gasteiger charge is -2.16. The van der Waals surface area contributed by atoms with Crippen LogP contribution in [0.3, 0.4) is 0 Å². The molecule has 0 saturated carbocycles. The molecule has 156 valence electrons. The molecule has 31 heavy (non-hydrogen) atoms. The smallest absolute Gasteiger partial charge is 0.259 e. The molecule has 3 aromatic heterocycles. The number of hydrogen-bond acceptors (Lipinski definition) is 5. The summed E-state index contributed by atoms with van der Waals surface area (Å²) >= 11 is 0. The van der Waals surface area contributed by atoms with Crippen molar-refractivity contribution < 1.29 is 9.21 Å². The zero-order valence-corrected chi connectivity index (χ0v) is 17.3. The minimum Gasteiger partial charge on any atom is -0.460 e. The van der Waals surface area contributed by atoms with Crippen LogP contribution in [0.15, 0.2) is 71.4 Å². The van der Waals surface area contributed by atoms with Crippen LogP contribution in [-0.4, -0.2) is 33.8 Å². The van der Waals surface area contributed by atoms with Gasteiger partial charge in [-0.3, -0.25) is 4.79 Å². The van der Waals surface area contributed by atoms with E-state index in [9.17, 15) is 4.79 Å². The molecule has 0 atom stereocenters. The maximum Gasteiger partial charge on any atom is 0.259 e. The molecule has 0 aliphatic carbocycles. The molecule has 0 spiro atoms. The second-order valence-electron chi connectivity index (χ2n) is 7.64. The summed E-state index contributed by atoms with van der Waals surface area (Å²) in [7, 11) is 0. The number of pyridine rings is 1. The predicted molar refractivity (Wildman–Crippen MR) is 120 cm³/mol. The SMILES string of the molecule is Cc1ccc(-c2nn(-c3ccccc3)cc2C(=O)Nc2ccc(N3CCCC3)nc2)o1. The fourth-order valence-corrected chi connectivity index (χ4v) is 3.79. The number of anilines is 2. The Balaban J connectivity index is 1.44. The van der Waals surface area contributed by atoms with Gasteiger partial charge >= 0.3 is 0 Å². The van der Waals surface area contributed by atoms with E-state index >= 15 is 0 Å². The van der Waals surface area contributed by atoms with E-state index in [1.54, 1.807) is 17.1 Å². The van der Waals surface area contributed by atoms with Crippen LogP contribution in [-0.2, 0) is 0 Å². The van der Waals surface area contributed by atoms with E-state index in [1.165, 1.54) is 12.8 Å². The Bertz CT molecular complexity index is 1190. The van der Waals surface area contributed by atoms with Crippen molar-refractivity contribution in [2.45, 2.75) is 19.8 Å². The molecule has 4 heterocycles. The van der Waals surface area contributed by atoms with Crippen LogP contribution in [0.1, 0.15) is 29.0 Å². The summed E-state index contributed by atoms with van der Waals surface area (Å²) in [6.45, 7) is 3.93. The van der Waals surface area contributed by atoms with E-state index in [1.807, 2.05) is 61.5 Å². The summed E-state index contributed by atoms with van der Waals surface area (Å²) in [4.78, 5) is 19.9. The highest BCUT2D eigenvalue weighted by molar-refractivity contribution is 6.07. The summed E-state index contributed by atoms with van der Waals surface area (Å²) < 4.78 is 7.45. The quantitative estimate of drug-likeness (QED) is 0.514. The molecule has 5 rings (SSSR count). The highest BCUT2D eigenvalue weighted by Crippen LogP contribution is 2.27. The summed E-state index contributed by atoms with van der Waals surface area (Å²) in [5.74, 6) is 2.00. The number of carbonyl (C=O) groups excluding carboxylic acids is 1. The fourth-order valence-electron chi connectivity index (χ4n) is 3.79. The van der Waals surface area contributed by atoms with E-state index in [0.717, 1.165) is 30.4 Å². The number of nitrogens with one attached hydrogen (secondary N) is 1. The molecule has 1 amide bonds. The summed E-state index contributed by atoms with van der Waals surface area (Å²) in [6.07, 6.45) is 5.81. The maximum absolute atomic E-state index is 13.2. The van der Waals surface area contributed by atoms with E-state index < -0.39 is 0 Å². The Morgan fingerprint density at radius 2 is 1.84 bits per heavy atom. The summed E-state index contributed by atoms with van der Waals surface area (Å²) in [5.41, 5.74) is 2.43. The molecule has 7 heteroatoms. The van der Waals surface area contributed by atoms with Gasteiger partial charge < -0.3 is 14.6 Å². The number of rotatable bonds is 5. The second-order valence-corrected chi connectivity index (χ2v) is 7.64. The Labute approximate surface area is 180 Å². The van der Waals surface area contributed by atoms with Crippen molar-refractivity contribution in [3.8, 4) is 17.1 Å². The maximum atomic E-state index is 13.2. The number of aromatic nitrogens is 3. The third-order valence-electron chi connectivity index (χ3n) is 5.39. The van der Waals surface area contributed by atoms with Crippen LogP contribution in [0.5, 0.6) is 0 Å². The molecular weight excluding hydrogens is 390 g/mol. The average molecular weight is 413 g/mol. The van der Waals surface area contributed by atoms with Crippen molar-refractivity contribution in [3.63, 3.8) is 0 Å². The fraction of sp³-hybridized carbons (Fsp3) is 0.208. The number of amides is 1. The van der Waals surface area contributed by atoms with Crippen LogP contribution >= 0.6 is 0 Å². The third-order valence-corrected chi connectivity index (χ3v) is 5.39.